The molecule has 2 heteroatoms. The van der Waals surface area contributed by atoms with Gasteiger partial charge in [0, 0.05) is 12.6 Å². The van der Waals surface area contributed by atoms with Crippen LogP contribution in [0.5, 0.6) is 0 Å². The lowest BCUT2D eigenvalue weighted by atomic mass is 10.1. The molecule has 0 aromatic carbocycles. The highest BCUT2D eigenvalue weighted by atomic mass is 15.0. The Kier molecular flexibility index (Phi) is 3.58. The molecule has 0 bridgehead atoms. The lowest BCUT2D eigenvalue weighted by Crippen LogP contribution is -2.36. The van der Waals surface area contributed by atoms with Crippen molar-refractivity contribution in [3.05, 3.63) is 0 Å². The third-order valence-electron chi connectivity index (χ3n) is 1.37. The zero-order valence-corrected chi connectivity index (χ0v) is 7.44. The summed E-state index contributed by atoms with van der Waals surface area (Å²) in [4.78, 5) is 3.98. The molecule has 0 aliphatic heterocycles. The van der Waals surface area contributed by atoms with E-state index in [0.717, 1.165) is 6.54 Å². The number of rotatable bonds is 4. The summed E-state index contributed by atoms with van der Waals surface area (Å²) in [5.41, 5.74) is -0.0235. The lowest BCUT2D eigenvalue weighted by molar-refractivity contribution is 0.445. The summed E-state index contributed by atoms with van der Waals surface area (Å²) in [7, 11) is 0. The molecule has 60 valence electrons. The van der Waals surface area contributed by atoms with Gasteiger partial charge in [0.15, 0.2) is 0 Å². The van der Waals surface area contributed by atoms with E-state index >= 15 is 0 Å². The molecule has 0 radical (unpaired) electrons. The summed E-state index contributed by atoms with van der Waals surface area (Å²) in [6.45, 7) is 12.8. The van der Waals surface area contributed by atoms with Gasteiger partial charge in [-0.1, -0.05) is 13.8 Å². The van der Waals surface area contributed by atoms with Crippen molar-refractivity contribution in [1.29, 1.82) is 0 Å². The van der Waals surface area contributed by atoms with Gasteiger partial charge >= 0.3 is 0 Å². The second kappa shape index (κ2) is 3.71. The van der Waals surface area contributed by atoms with E-state index in [-0.39, 0.29) is 5.54 Å². The van der Waals surface area contributed by atoms with E-state index in [1.807, 2.05) is 0 Å². The second-order valence-electron chi connectivity index (χ2n) is 3.51. The van der Waals surface area contributed by atoms with Crippen LogP contribution in [0.25, 0.3) is 0 Å². The van der Waals surface area contributed by atoms with Crippen molar-refractivity contribution in [2.24, 2.45) is 4.99 Å². The van der Waals surface area contributed by atoms with Crippen LogP contribution < -0.4 is 5.32 Å². The van der Waals surface area contributed by atoms with Crippen LogP contribution >= 0.6 is 0 Å². The number of hydrogen-bond acceptors (Lipinski definition) is 2. The fraction of sp³-hybridized carbons (Fsp3) is 0.875. The zero-order valence-electron chi connectivity index (χ0n) is 7.44. The van der Waals surface area contributed by atoms with Gasteiger partial charge in [-0.15, -0.1) is 0 Å². The molecule has 0 spiro atoms. The van der Waals surface area contributed by atoms with Gasteiger partial charge in [0.2, 0.25) is 0 Å². The lowest BCUT2D eigenvalue weighted by Gasteiger charge is -2.20. The molecule has 0 amide bonds. The van der Waals surface area contributed by atoms with Crippen molar-refractivity contribution in [3.8, 4) is 0 Å². The highest BCUT2D eigenvalue weighted by molar-refractivity contribution is 5.25. The van der Waals surface area contributed by atoms with Crippen LogP contribution in [-0.4, -0.2) is 24.8 Å². The van der Waals surface area contributed by atoms with Crippen molar-refractivity contribution >= 4 is 6.72 Å². The smallest absolute Gasteiger partial charge is 0.0668 e. The summed E-state index contributed by atoms with van der Waals surface area (Å²) in [5, 5.41) is 3.30. The molecule has 0 aliphatic rings. The number of nitrogens with zero attached hydrogens (tertiary/aromatic N) is 1. The van der Waals surface area contributed by atoms with Gasteiger partial charge in [0.1, 0.15) is 0 Å². The van der Waals surface area contributed by atoms with Crippen LogP contribution in [0.4, 0.5) is 0 Å². The molecular weight excluding hydrogens is 124 g/mol. The first kappa shape index (κ1) is 9.63. The van der Waals surface area contributed by atoms with Crippen LogP contribution in [0.3, 0.4) is 0 Å². The van der Waals surface area contributed by atoms with Gasteiger partial charge in [0.25, 0.3) is 0 Å². The Hall–Kier alpha value is -0.370. The summed E-state index contributed by atoms with van der Waals surface area (Å²) >= 11 is 0. The molecule has 0 rings (SSSR count). The fourth-order valence-corrected chi connectivity index (χ4v) is 0.510. The molecule has 0 heterocycles. The predicted octanol–water partition coefficient (Wildman–Crippen LogP) is 1.46. The van der Waals surface area contributed by atoms with E-state index in [2.05, 4.69) is 44.7 Å². The van der Waals surface area contributed by atoms with Gasteiger partial charge in [-0.3, -0.25) is 4.99 Å². The molecule has 10 heavy (non-hydrogen) atoms. The maximum atomic E-state index is 3.98. The van der Waals surface area contributed by atoms with Crippen molar-refractivity contribution < 1.29 is 0 Å². The van der Waals surface area contributed by atoms with E-state index in [0.29, 0.717) is 6.04 Å². The van der Waals surface area contributed by atoms with Gasteiger partial charge in [-0.25, -0.2) is 0 Å². The molecule has 0 aliphatic carbocycles. The minimum absolute atomic E-state index is 0.0235. The SMILES string of the molecule is C=NC(C)(C)CNC(C)C. The normalized spacial score (nSPS) is 12.1. The monoisotopic (exact) mass is 142 g/mol. The maximum Gasteiger partial charge on any atom is 0.0668 e. The molecular formula is C8H18N2. The van der Waals surface area contributed by atoms with Crippen molar-refractivity contribution in [1.82, 2.24) is 5.32 Å². The van der Waals surface area contributed by atoms with E-state index in [9.17, 15) is 0 Å². The Morgan fingerprint density at radius 3 is 2.30 bits per heavy atom. The Bertz CT molecular complexity index is 106. The summed E-state index contributed by atoms with van der Waals surface area (Å²) in [6.07, 6.45) is 0. The molecule has 0 aromatic rings. The molecule has 0 atom stereocenters. The van der Waals surface area contributed by atoms with Crippen molar-refractivity contribution in [2.75, 3.05) is 6.54 Å². The highest BCUT2D eigenvalue weighted by Crippen LogP contribution is 2.04. The van der Waals surface area contributed by atoms with E-state index in [1.165, 1.54) is 0 Å². The van der Waals surface area contributed by atoms with Crippen LogP contribution in [0, 0.1) is 0 Å². The average molecular weight is 142 g/mol. The van der Waals surface area contributed by atoms with Crippen LogP contribution in [-0.2, 0) is 0 Å². The minimum Gasteiger partial charge on any atom is -0.312 e. The van der Waals surface area contributed by atoms with Gasteiger partial charge in [-0.2, -0.15) is 0 Å². The Morgan fingerprint density at radius 2 is 2.00 bits per heavy atom. The highest BCUT2D eigenvalue weighted by Gasteiger charge is 2.13. The third kappa shape index (κ3) is 4.50. The molecule has 1 N–H and O–H groups in total. The molecule has 0 saturated carbocycles. The molecule has 0 fully saturated rings. The summed E-state index contributed by atoms with van der Waals surface area (Å²) in [5.74, 6) is 0. The Morgan fingerprint density at radius 1 is 1.50 bits per heavy atom. The van der Waals surface area contributed by atoms with Crippen molar-refractivity contribution in [3.63, 3.8) is 0 Å². The summed E-state index contributed by atoms with van der Waals surface area (Å²) in [6, 6.07) is 0.529. The first-order valence-corrected chi connectivity index (χ1v) is 3.69. The van der Waals surface area contributed by atoms with E-state index < -0.39 is 0 Å². The first-order chi connectivity index (χ1) is 4.48. The topological polar surface area (TPSA) is 24.4 Å². The van der Waals surface area contributed by atoms with Crippen LogP contribution in [0.15, 0.2) is 4.99 Å². The second-order valence-corrected chi connectivity index (χ2v) is 3.51. The number of nitrogens with one attached hydrogen (secondary N) is 1. The molecule has 2 nitrogen and oxygen atoms in total. The Labute approximate surface area is 63.7 Å². The fourth-order valence-electron chi connectivity index (χ4n) is 0.510. The quantitative estimate of drug-likeness (QED) is 0.590. The Balaban J connectivity index is 3.56. The number of hydrogen-bond donors (Lipinski definition) is 1. The standard InChI is InChI=1S/C8H18N2/c1-7(2)10-6-8(3,4)9-5/h7,10H,5-6H2,1-4H3. The average Bonchev–Trinajstić information content (AvgIpc) is 1.85. The largest absolute Gasteiger partial charge is 0.312 e. The van der Waals surface area contributed by atoms with E-state index in [4.69, 9.17) is 0 Å². The number of aliphatic imine (C=N–C) groups is 1. The van der Waals surface area contributed by atoms with Gasteiger partial charge in [0.05, 0.1) is 5.54 Å². The first-order valence-electron chi connectivity index (χ1n) is 3.69. The maximum absolute atomic E-state index is 3.98. The van der Waals surface area contributed by atoms with E-state index in [1.54, 1.807) is 0 Å². The van der Waals surface area contributed by atoms with Crippen LogP contribution in [0.2, 0.25) is 0 Å². The van der Waals surface area contributed by atoms with Gasteiger partial charge < -0.3 is 5.32 Å². The zero-order chi connectivity index (χ0) is 8.20. The molecule has 0 saturated heterocycles. The van der Waals surface area contributed by atoms with Crippen molar-refractivity contribution in [2.45, 2.75) is 39.3 Å². The summed E-state index contributed by atoms with van der Waals surface area (Å²) < 4.78 is 0. The minimum atomic E-state index is -0.0235. The van der Waals surface area contributed by atoms with Gasteiger partial charge in [-0.05, 0) is 20.6 Å². The molecule has 0 aromatic heterocycles. The third-order valence-corrected chi connectivity index (χ3v) is 1.37. The van der Waals surface area contributed by atoms with Crippen LogP contribution in [0.1, 0.15) is 27.7 Å². The molecule has 0 unspecified atom stereocenters. The predicted molar refractivity (Wildman–Crippen MR) is 46.8 cm³/mol.